The van der Waals surface area contributed by atoms with Crippen LogP contribution in [0.5, 0.6) is 0 Å². The second-order valence-corrected chi connectivity index (χ2v) is 4.85. The molecule has 0 saturated heterocycles. The van der Waals surface area contributed by atoms with Gasteiger partial charge in [0.15, 0.2) is 0 Å². The molecule has 3 rings (SSSR count). The van der Waals surface area contributed by atoms with Gasteiger partial charge >= 0.3 is 0 Å². The predicted octanol–water partition coefficient (Wildman–Crippen LogP) is 2.88. The van der Waals surface area contributed by atoms with Crippen LogP contribution >= 0.6 is 0 Å². The third-order valence-corrected chi connectivity index (χ3v) is 3.75. The number of Topliss-reactive ketones (excluding diaryl/α,β-unsaturated/α-hetero) is 1. The number of carbonyl (C=O) groups excluding carboxylic acids is 2. The molecule has 3 heteroatoms. The van der Waals surface area contributed by atoms with E-state index in [-0.39, 0.29) is 11.7 Å². The van der Waals surface area contributed by atoms with Gasteiger partial charge in [-0.05, 0) is 24.8 Å². The van der Waals surface area contributed by atoms with Crippen LogP contribution in [0.4, 0.5) is 5.69 Å². The highest BCUT2D eigenvalue weighted by Gasteiger charge is 2.40. The van der Waals surface area contributed by atoms with Gasteiger partial charge in [-0.25, -0.2) is 0 Å². The van der Waals surface area contributed by atoms with Crippen molar-refractivity contribution in [3.05, 3.63) is 42.0 Å². The van der Waals surface area contributed by atoms with Crippen molar-refractivity contribution in [2.24, 2.45) is 0 Å². The van der Waals surface area contributed by atoms with Gasteiger partial charge in [0.25, 0.3) is 0 Å². The molecular weight excluding hydrogens is 238 g/mol. The van der Waals surface area contributed by atoms with Gasteiger partial charge in [0.1, 0.15) is 11.7 Å². The summed E-state index contributed by atoms with van der Waals surface area (Å²) in [7, 11) is 0. The fraction of sp³-hybridized carbons (Fsp3) is 0.250. The zero-order valence-electron chi connectivity index (χ0n) is 11.0. The van der Waals surface area contributed by atoms with E-state index in [0.29, 0.717) is 6.54 Å². The summed E-state index contributed by atoms with van der Waals surface area (Å²) in [5.74, 6) is -0.807. The fourth-order valence-electron chi connectivity index (χ4n) is 2.91. The highest BCUT2D eigenvalue weighted by molar-refractivity contribution is 6.21. The maximum absolute atomic E-state index is 12.4. The first-order valence-corrected chi connectivity index (χ1v) is 6.48. The van der Waals surface area contributed by atoms with Crippen LogP contribution in [0.3, 0.4) is 0 Å². The summed E-state index contributed by atoms with van der Waals surface area (Å²) in [4.78, 5) is 25.9. The predicted molar refractivity (Wildman–Crippen MR) is 75.4 cm³/mol. The largest absolute Gasteiger partial charge is 0.311 e. The van der Waals surface area contributed by atoms with Crippen molar-refractivity contribution < 1.29 is 9.59 Å². The van der Waals surface area contributed by atoms with Crippen LogP contribution in [-0.4, -0.2) is 18.2 Å². The van der Waals surface area contributed by atoms with Crippen molar-refractivity contribution in [3.8, 4) is 0 Å². The summed E-state index contributed by atoms with van der Waals surface area (Å²) in [5, 5.41) is 2.13. The first-order chi connectivity index (χ1) is 9.15. The molecule has 1 aliphatic rings. The standard InChI is InChI=1S/C16H15NO2/c1-3-17-15-12-7-5-4-6-11(12)8-9-13(15)14(10(2)18)16(17)19/h4-9,14H,3H2,1-2H3. The van der Waals surface area contributed by atoms with E-state index >= 15 is 0 Å². The number of rotatable bonds is 2. The summed E-state index contributed by atoms with van der Waals surface area (Å²) in [6.45, 7) is 4.01. The molecule has 1 amide bonds. The molecular formula is C16H15NO2. The summed E-state index contributed by atoms with van der Waals surface area (Å²) in [5.41, 5.74) is 1.75. The number of ketones is 1. The Morgan fingerprint density at radius 3 is 2.63 bits per heavy atom. The van der Waals surface area contributed by atoms with Crippen molar-refractivity contribution >= 4 is 28.2 Å². The van der Waals surface area contributed by atoms with Crippen LogP contribution in [-0.2, 0) is 9.59 Å². The van der Waals surface area contributed by atoms with Gasteiger partial charge < -0.3 is 4.90 Å². The van der Waals surface area contributed by atoms with Crippen LogP contribution < -0.4 is 4.90 Å². The van der Waals surface area contributed by atoms with Gasteiger partial charge in [-0.1, -0.05) is 36.4 Å². The number of hydrogen-bond donors (Lipinski definition) is 0. The molecule has 0 aromatic heterocycles. The molecule has 0 bridgehead atoms. The molecule has 0 saturated carbocycles. The van der Waals surface area contributed by atoms with Crippen LogP contribution in [0.2, 0.25) is 0 Å². The molecule has 2 aromatic carbocycles. The quantitative estimate of drug-likeness (QED) is 0.772. The number of likely N-dealkylation sites (N-methyl/N-ethyl adjacent to an activating group) is 1. The van der Waals surface area contributed by atoms with E-state index in [1.807, 2.05) is 43.3 Å². The Labute approximate surface area is 111 Å². The van der Waals surface area contributed by atoms with E-state index in [1.165, 1.54) is 6.92 Å². The van der Waals surface area contributed by atoms with E-state index in [0.717, 1.165) is 22.0 Å². The summed E-state index contributed by atoms with van der Waals surface area (Å²) in [6.07, 6.45) is 0. The first kappa shape index (κ1) is 11.9. The normalized spacial score (nSPS) is 17.9. The minimum atomic E-state index is -0.625. The van der Waals surface area contributed by atoms with Crippen molar-refractivity contribution in [2.75, 3.05) is 11.4 Å². The Bertz CT molecular complexity index is 690. The number of benzene rings is 2. The molecule has 0 N–H and O–H groups in total. The van der Waals surface area contributed by atoms with Crippen LogP contribution in [0.25, 0.3) is 10.8 Å². The average molecular weight is 253 g/mol. The number of carbonyl (C=O) groups is 2. The molecule has 2 aromatic rings. The van der Waals surface area contributed by atoms with E-state index in [9.17, 15) is 9.59 Å². The molecule has 1 heterocycles. The Hall–Kier alpha value is -2.16. The molecule has 0 fully saturated rings. The van der Waals surface area contributed by atoms with Gasteiger partial charge in [0, 0.05) is 11.9 Å². The summed E-state index contributed by atoms with van der Waals surface area (Å²) < 4.78 is 0. The maximum atomic E-state index is 12.4. The third kappa shape index (κ3) is 1.58. The Morgan fingerprint density at radius 1 is 1.21 bits per heavy atom. The smallest absolute Gasteiger partial charge is 0.242 e. The third-order valence-electron chi connectivity index (χ3n) is 3.75. The SMILES string of the molecule is CCN1C(=O)C(C(C)=O)c2ccc3ccccc3c21. The molecule has 0 radical (unpaired) electrons. The molecule has 0 aliphatic carbocycles. The molecule has 1 aliphatic heterocycles. The molecule has 1 atom stereocenters. The molecule has 1 unspecified atom stereocenters. The van der Waals surface area contributed by atoms with Crippen LogP contribution in [0, 0.1) is 0 Å². The van der Waals surface area contributed by atoms with Crippen molar-refractivity contribution in [3.63, 3.8) is 0 Å². The highest BCUT2D eigenvalue weighted by Crippen LogP contribution is 2.42. The van der Waals surface area contributed by atoms with E-state index < -0.39 is 5.92 Å². The number of hydrogen-bond acceptors (Lipinski definition) is 2. The lowest BCUT2D eigenvalue weighted by Gasteiger charge is -2.16. The molecule has 96 valence electrons. The number of nitrogens with zero attached hydrogens (tertiary/aromatic N) is 1. The Morgan fingerprint density at radius 2 is 1.95 bits per heavy atom. The summed E-state index contributed by atoms with van der Waals surface area (Å²) >= 11 is 0. The minimum Gasteiger partial charge on any atom is -0.311 e. The van der Waals surface area contributed by atoms with Gasteiger partial charge in [0.2, 0.25) is 5.91 Å². The monoisotopic (exact) mass is 253 g/mol. The second kappa shape index (κ2) is 4.19. The lowest BCUT2D eigenvalue weighted by Crippen LogP contribution is -2.30. The van der Waals surface area contributed by atoms with Crippen molar-refractivity contribution in [1.82, 2.24) is 0 Å². The zero-order valence-corrected chi connectivity index (χ0v) is 11.0. The number of fused-ring (bicyclic) bond motifs is 3. The Kier molecular flexibility index (Phi) is 2.63. The van der Waals surface area contributed by atoms with Gasteiger partial charge in [-0.15, -0.1) is 0 Å². The molecule has 3 nitrogen and oxygen atoms in total. The average Bonchev–Trinajstić information content (AvgIpc) is 2.70. The Balaban J connectivity index is 2.35. The van der Waals surface area contributed by atoms with E-state index in [4.69, 9.17) is 0 Å². The second-order valence-electron chi connectivity index (χ2n) is 4.85. The molecule has 0 spiro atoms. The van der Waals surface area contributed by atoms with Gasteiger partial charge in [-0.2, -0.15) is 0 Å². The lowest BCUT2D eigenvalue weighted by atomic mass is 9.95. The lowest BCUT2D eigenvalue weighted by molar-refractivity contribution is -0.127. The fourth-order valence-corrected chi connectivity index (χ4v) is 2.91. The molecule has 19 heavy (non-hydrogen) atoms. The van der Waals surface area contributed by atoms with Gasteiger partial charge in [0.05, 0.1) is 5.69 Å². The maximum Gasteiger partial charge on any atom is 0.242 e. The zero-order chi connectivity index (χ0) is 13.6. The van der Waals surface area contributed by atoms with E-state index in [2.05, 4.69) is 0 Å². The van der Waals surface area contributed by atoms with Crippen LogP contribution in [0.1, 0.15) is 25.3 Å². The highest BCUT2D eigenvalue weighted by atomic mass is 16.2. The summed E-state index contributed by atoms with van der Waals surface area (Å²) in [6, 6.07) is 11.9. The topological polar surface area (TPSA) is 37.4 Å². The van der Waals surface area contributed by atoms with Gasteiger partial charge in [-0.3, -0.25) is 9.59 Å². The van der Waals surface area contributed by atoms with Crippen molar-refractivity contribution in [2.45, 2.75) is 19.8 Å². The number of amides is 1. The van der Waals surface area contributed by atoms with Crippen molar-refractivity contribution in [1.29, 1.82) is 0 Å². The number of anilines is 1. The first-order valence-electron chi connectivity index (χ1n) is 6.48. The van der Waals surface area contributed by atoms with E-state index in [1.54, 1.807) is 4.90 Å². The minimum absolute atomic E-state index is 0.0857. The van der Waals surface area contributed by atoms with Crippen LogP contribution in [0.15, 0.2) is 36.4 Å².